The van der Waals surface area contributed by atoms with Crippen molar-refractivity contribution in [3.8, 4) is 0 Å². The number of aromatic nitrogens is 1. The highest BCUT2D eigenvalue weighted by atomic mass is 35.5. The average molecular weight is 217 g/mol. The number of aliphatic hydroxyl groups excluding tert-OH is 2. The molecule has 0 aliphatic carbocycles. The Morgan fingerprint density at radius 1 is 1.57 bits per heavy atom. The summed E-state index contributed by atoms with van der Waals surface area (Å²) in [7, 11) is 0. The second-order valence-corrected chi connectivity index (χ2v) is 3.10. The Labute approximate surface area is 85.1 Å². The average Bonchev–Trinajstić information content (AvgIpc) is 2.16. The first-order valence-electron chi connectivity index (χ1n) is 3.79. The summed E-state index contributed by atoms with van der Waals surface area (Å²) >= 11 is 5.70. The van der Waals surface area contributed by atoms with Crippen LogP contribution in [0.25, 0.3) is 0 Å². The molecule has 5 nitrogen and oxygen atoms in total. The van der Waals surface area contributed by atoms with Crippen molar-refractivity contribution in [3.63, 3.8) is 0 Å². The van der Waals surface area contributed by atoms with E-state index in [2.05, 4.69) is 4.98 Å². The summed E-state index contributed by atoms with van der Waals surface area (Å²) in [5, 5.41) is 18.8. The molecule has 0 aliphatic rings. The first-order valence-corrected chi connectivity index (χ1v) is 4.16. The molecule has 1 heterocycles. The van der Waals surface area contributed by atoms with Gasteiger partial charge in [0.1, 0.15) is 6.10 Å². The van der Waals surface area contributed by atoms with Crippen molar-refractivity contribution in [2.45, 2.75) is 12.2 Å². The number of nitrogens with two attached hydrogens (primary N) is 1. The van der Waals surface area contributed by atoms with Gasteiger partial charge in [0.25, 0.3) is 0 Å². The molecule has 0 aliphatic heterocycles. The molecular formula is C8H9ClN2O3. The van der Waals surface area contributed by atoms with Gasteiger partial charge in [-0.3, -0.25) is 9.78 Å². The molecule has 1 aromatic rings. The number of carbonyl (C=O) groups is 1. The second kappa shape index (κ2) is 4.36. The fraction of sp³-hybridized carbons (Fsp3) is 0.250. The van der Waals surface area contributed by atoms with Crippen molar-refractivity contribution in [2.24, 2.45) is 5.73 Å². The normalized spacial score (nSPS) is 14.8. The molecule has 0 bridgehead atoms. The molecule has 76 valence electrons. The Kier molecular flexibility index (Phi) is 3.40. The molecule has 0 spiro atoms. The van der Waals surface area contributed by atoms with Crippen LogP contribution >= 0.6 is 11.6 Å². The lowest BCUT2D eigenvalue weighted by molar-refractivity contribution is -0.131. The van der Waals surface area contributed by atoms with Crippen molar-refractivity contribution in [1.82, 2.24) is 4.98 Å². The standard InChI is InChI=1S/C8H9ClN2O3/c9-5-1-2-11-3-4(5)6(12)7(13)8(10)14/h1-3,6-7,12-13H,(H2,10,14). The minimum Gasteiger partial charge on any atom is -0.385 e. The van der Waals surface area contributed by atoms with E-state index in [9.17, 15) is 9.90 Å². The number of nitrogens with zero attached hydrogens (tertiary/aromatic N) is 1. The van der Waals surface area contributed by atoms with E-state index < -0.39 is 18.1 Å². The molecule has 1 rings (SSSR count). The number of rotatable bonds is 3. The van der Waals surface area contributed by atoms with Gasteiger partial charge in [-0.25, -0.2) is 0 Å². The summed E-state index contributed by atoms with van der Waals surface area (Å²) in [6.07, 6.45) is -0.445. The van der Waals surface area contributed by atoms with Gasteiger partial charge < -0.3 is 15.9 Å². The van der Waals surface area contributed by atoms with Crippen molar-refractivity contribution >= 4 is 17.5 Å². The Balaban J connectivity index is 2.94. The molecule has 0 aromatic carbocycles. The smallest absolute Gasteiger partial charge is 0.249 e. The van der Waals surface area contributed by atoms with Crippen LogP contribution in [0, 0.1) is 0 Å². The summed E-state index contributed by atoms with van der Waals surface area (Å²) in [6, 6.07) is 1.44. The molecule has 0 radical (unpaired) electrons. The number of halogens is 1. The monoisotopic (exact) mass is 216 g/mol. The Bertz CT molecular complexity index is 345. The van der Waals surface area contributed by atoms with Gasteiger partial charge >= 0.3 is 0 Å². The fourth-order valence-electron chi connectivity index (χ4n) is 0.933. The van der Waals surface area contributed by atoms with Crippen LogP contribution in [0.4, 0.5) is 0 Å². The number of aliphatic hydroxyl groups is 2. The minimum atomic E-state index is -1.68. The van der Waals surface area contributed by atoms with Crippen molar-refractivity contribution in [2.75, 3.05) is 0 Å². The summed E-state index contributed by atoms with van der Waals surface area (Å²) in [5.74, 6) is -1.02. The molecule has 6 heteroatoms. The quantitative estimate of drug-likeness (QED) is 0.641. The van der Waals surface area contributed by atoms with Gasteiger partial charge in [-0.05, 0) is 6.07 Å². The molecule has 2 atom stereocenters. The van der Waals surface area contributed by atoms with E-state index in [1.165, 1.54) is 18.5 Å². The van der Waals surface area contributed by atoms with Crippen LogP contribution in [-0.4, -0.2) is 27.2 Å². The van der Waals surface area contributed by atoms with Crippen molar-refractivity contribution in [1.29, 1.82) is 0 Å². The molecule has 14 heavy (non-hydrogen) atoms. The van der Waals surface area contributed by atoms with Crippen LogP contribution in [-0.2, 0) is 4.79 Å². The Morgan fingerprint density at radius 3 is 2.71 bits per heavy atom. The van der Waals surface area contributed by atoms with E-state index in [1.54, 1.807) is 0 Å². The van der Waals surface area contributed by atoms with E-state index in [0.717, 1.165) is 0 Å². The van der Waals surface area contributed by atoms with Gasteiger partial charge in [0.05, 0.1) is 0 Å². The minimum absolute atomic E-state index is 0.167. The van der Waals surface area contributed by atoms with E-state index in [4.69, 9.17) is 22.4 Å². The lowest BCUT2D eigenvalue weighted by atomic mass is 10.1. The van der Waals surface area contributed by atoms with Gasteiger partial charge in [0.2, 0.25) is 5.91 Å². The summed E-state index contributed by atoms with van der Waals surface area (Å²) in [6.45, 7) is 0. The highest BCUT2D eigenvalue weighted by molar-refractivity contribution is 6.31. The van der Waals surface area contributed by atoms with E-state index in [0.29, 0.717) is 0 Å². The number of hydrogen-bond donors (Lipinski definition) is 3. The number of pyridine rings is 1. The van der Waals surface area contributed by atoms with E-state index >= 15 is 0 Å². The van der Waals surface area contributed by atoms with Crippen LogP contribution in [0.5, 0.6) is 0 Å². The van der Waals surface area contributed by atoms with Crippen LogP contribution in [0.15, 0.2) is 18.5 Å². The number of hydrogen-bond acceptors (Lipinski definition) is 4. The third-order valence-corrected chi connectivity index (χ3v) is 2.05. The van der Waals surface area contributed by atoms with Crippen LogP contribution < -0.4 is 5.73 Å². The highest BCUT2D eigenvalue weighted by Crippen LogP contribution is 2.23. The van der Waals surface area contributed by atoms with Crippen molar-refractivity contribution in [3.05, 3.63) is 29.0 Å². The zero-order valence-corrected chi connectivity index (χ0v) is 7.85. The van der Waals surface area contributed by atoms with Gasteiger partial charge in [-0.15, -0.1) is 0 Å². The molecule has 2 unspecified atom stereocenters. The molecule has 1 aromatic heterocycles. The highest BCUT2D eigenvalue weighted by Gasteiger charge is 2.25. The third-order valence-electron chi connectivity index (χ3n) is 1.71. The summed E-state index contributed by atoms with van der Waals surface area (Å²) in [4.78, 5) is 14.3. The third kappa shape index (κ3) is 2.20. The molecule has 0 saturated carbocycles. The number of amides is 1. The lowest BCUT2D eigenvalue weighted by Crippen LogP contribution is -2.34. The Morgan fingerprint density at radius 2 is 2.21 bits per heavy atom. The van der Waals surface area contributed by atoms with E-state index in [1.807, 2.05) is 0 Å². The van der Waals surface area contributed by atoms with Gasteiger partial charge in [0, 0.05) is 23.0 Å². The fourth-order valence-corrected chi connectivity index (χ4v) is 1.15. The largest absolute Gasteiger partial charge is 0.385 e. The maximum atomic E-state index is 10.6. The molecule has 0 fully saturated rings. The lowest BCUT2D eigenvalue weighted by Gasteiger charge is -2.15. The first-order chi connectivity index (χ1) is 6.54. The molecular weight excluding hydrogens is 208 g/mol. The predicted octanol–water partition coefficient (Wildman–Crippen LogP) is -0.385. The van der Waals surface area contributed by atoms with E-state index in [-0.39, 0.29) is 10.6 Å². The van der Waals surface area contributed by atoms with Gasteiger partial charge in [0.15, 0.2) is 6.10 Å². The molecule has 1 amide bonds. The molecule has 0 saturated heterocycles. The van der Waals surface area contributed by atoms with Crippen molar-refractivity contribution < 1.29 is 15.0 Å². The maximum absolute atomic E-state index is 10.6. The number of carbonyl (C=O) groups excluding carboxylic acids is 1. The summed E-state index contributed by atoms with van der Waals surface area (Å²) < 4.78 is 0. The zero-order valence-electron chi connectivity index (χ0n) is 7.09. The second-order valence-electron chi connectivity index (χ2n) is 2.69. The first kappa shape index (κ1) is 10.9. The van der Waals surface area contributed by atoms with Crippen LogP contribution in [0.2, 0.25) is 5.02 Å². The number of primary amides is 1. The molecule has 4 N–H and O–H groups in total. The maximum Gasteiger partial charge on any atom is 0.249 e. The predicted molar refractivity (Wildman–Crippen MR) is 49.4 cm³/mol. The topological polar surface area (TPSA) is 96.4 Å². The van der Waals surface area contributed by atoms with Gasteiger partial charge in [-0.1, -0.05) is 11.6 Å². The Hall–Kier alpha value is -1.17. The van der Waals surface area contributed by atoms with Crippen LogP contribution in [0.1, 0.15) is 11.7 Å². The van der Waals surface area contributed by atoms with Crippen LogP contribution in [0.3, 0.4) is 0 Å². The summed E-state index contributed by atoms with van der Waals surface area (Å²) in [5.41, 5.74) is 4.98. The SMILES string of the molecule is NC(=O)C(O)C(O)c1cnccc1Cl. The van der Waals surface area contributed by atoms with Gasteiger partial charge in [-0.2, -0.15) is 0 Å². The zero-order chi connectivity index (χ0) is 10.7.